The lowest BCUT2D eigenvalue weighted by atomic mass is 10.2. The summed E-state index contributed by atoms with van der Waals surface area (Å²) in [5.41, 5.74) is 2.61. The predicted octanol–water partition coefficient (Wildman–Crippen LogP) is 4.12. The Morgan fingerprint density at radius 1 is 1.03 bits per heavy atom. The lowest BCUT2D eigenvalue weighted by Gasteiger charge is -2.25. The lowest BCUT2D eigenvalue weighted by Crippen LogP contribution is -2.42. The van der Waals surface area contributed by atoms with Crippen molar-refractivity contribution < 1.29 is 9.59 Å². The molecule has 0 aliphatic heterocycles. The van der Waals surface area contributed by atoms with Gasteiger partial charge in [0.15, 0.2) is 0 Å². The number of carbonyl (C=O) groups excluding carboxylic acids is 2. The normalized spacial score (nSPS) is 10.8. The van der Waals surface area contributed by atoms with Crippen LogP contribution in [0.5, 0.6) is 0 Å². The van der Waals surface area contributed by atoms with Crippen LogP contribution in [-0.2, 0) is 9.59 Å². The molecule has 150 valence electrons. The van der Waals surface area contributed by atoms with Crippen LogP contribution in [0.2, 0.25) is 0 Å². The van der Waals surface area contributed by atoms with E-state index in [1.165, 1.54) is 0 Å². The molecule has 3 rings (SSSR count). The van der Waals surface area contributed by atoms with Gasteiger partial charge >= 0.3 is 0 Å². The highest BCUT2D eigenvalue weighted by Crippen LogP contribution is 2.24. The molecular weight excluding hydrogens is 364 g/mol. The average Bonchev–Trinajstić information content (AvgIpc) is 3.16. The number of anilines is 1. The third-order valence-electron chi connectivity index (χ3n) is 4.62. The molecule has 2 amide bonds. The van der Waals surface area contributed by atoms with Crippen LogP contribution in [0.1, 0.15) is 27.2 Å². The molecule has 0 aliphatic carbocycles. The molecule has 0 fully saturated rings. The third-order valence-corrected chi connectivity index (χ3v) is 4.62. The van der Waals surface area contributed by atoms with Gasteiger partial charge in [-0.2, -0.15) is 0 Å². The smallest absolute Gasteiger partial charge is 0.246 e. The summed E-state index contributed by atoms with van der Waals surface area (Å²) < 4.78 is 1.85. The molecule has 0 saturated carbocycles. The zero-order valence-corrected chi connectivity index (χ0v) is 17.0. The number of aromatic nitrogens is 2. The van der Waals surface area contributed by atoms with Gasteiger partial charge in [-0.1, -0.05) is 55.5 Å². The molecule has 1 heterocycles. The Hall–Kier alpha value is -3.41. The summed E-state index contributed by atoms with van der Waals surface area (Å²) in [7, 11) is 0. The van der Waals surface area contributed by atoms with E-state index in [-0.39, 0.29) is 24.4 Å². The van der Waals surface area contributed by atoms with E-state index in [1.807, 2.05) is 85.3 Å². The summed E-state index contributed by atoms with van der Waals surface area (Å²) in [5.74, 6) is 0.0992. The number of imidazole rings is 1. The van der Waals surface area contributed by atoms with Crippen molar-refractivity contribution in [3.8, 4) is 16.9 Å². The molecule has 6 heteroatoms. The first kappa shape index (κ1) is 20.3. The Labute approximate surface area is 171 Å². The van der Waals surface area contributed by atoms with Crippen LogP contribution in [0.4, 0.5) is 5.95 Å². The van der Waals surface area contributed by atoms with E-state index in [0.29, 0.717) is 12.4 Å². The number of para-hydroxylation sites is 1. The largest absolute Gasteiger partial charge is 0.331 e. The quantitative estimate of drug-likeness (QED) is 0.660. The highest BCUT2D eigenvalue weighted by Gasteiger charge is 2.20. The molecule has 0 saturated heterocycles. The lowest BCUT2D eigenvalue weighted by molar-refractivity contribution is -0.136. The first-order valence-electron chi connectivity index (χ1n) is 9.79. The second-order valence-electron chi connectivity index (χ2n) is 7.04. The van der Waals surface area contributed by atoms with Gasteiger partial charge in [0.25, 0.3) is 0 Å². The average molecular weight is 390 g/mol. The fourth-order valence-electron chi connectivity index (χ4n) is 3.08. The van der Waals surface area contributed by atoms with E-state index in [0.717, 1.165) is 16.9 Å². The molecule has 3 aromatic rings. The molecule has 0 bridgehead atoms. The molecular formula is C23H26N4O2. The molecule has 1 aromatic heterocycles. The van der Waals surface area contributed by atoms with Crippen LogP contribution >= 0.6 is 0 Å². The fourth-order valence-corrected chi connectivity index (χ4v) is 3.08. The Morgan fingerprint density at radius 3 is 2.24 bits per heavy atom. The second-order valence-corrected chi connectivity index (χ2v) is 7.04. The Kier molecular flexibility index (Phi) is 6.44. The van der Waals surface area contributed by atoms with E-state index in [4.69, 9.17) is 0 Å². The highest BCUT2D eigenvalue weighted by molar-refractivity contribution is 5.94. The van der Waals surface area contributed by atoms with Crippen molar-refractivity contribution in [2.75, 3.05) is 11.9 Å². The van der Waals surface area contributed by atoms with Gasteiger partial charge in [-0.25, -0.2) is 4.98 Å². The predicted molar refractivity (Wildman–Crippen MR) is 115 cm³/mol. The van der Waals surface area contributed by atoms with Crippen molar-refractivity contribution in [3.05, 3.63) is 66.9 Å². The molecule has 0 radical (unpaired) electrons. The Bertz CT molecular complexity index is 965. The number of nitrogens with one attached hydrogen (secondary N) is 1. The first-order valence-corrected chi connectivity index (χ1v) is 9.79. The van der Waals surface area contributed by atoms with Gasteiger partial charge in [0.2, 0.25) is 17.8 Å². The van der Waals surface area contributed by atoms with Crippen LogP contribution < -0.4 is 5.32 Å². The standard InChI is InChI=1S/C23H26N4O2/c1-4-22(29)26(17(2)3)16-21(28)25-23-24-20(18-11-7-5-8-12-18)15-27(23)19-13-9-6-10-14-19/h5-15,17H,4,16H2,1-3H3,(H,24,25,28). The van der Waals surface area contributed by atoms with Crippen molar-refractivity contribution in [1.82, 2.24) is 14.5 Å². The minimum absolute atomic E-state index is 0.00728. The van der Waals surface area contributed by atoms with Crippen molar-refractivity contribution in [2.24, 2.45) is 0 Å². The third kappa shape index (κ3) is 4.90. The number of amides is 2. The Morgan fingerprint density at radius 2 is 1.66 bits per heavy atom. The van der Waals surface area contributed by atoms with Gasteiger partial charge in [-0.3, -0.25) is 19.5 Å². The number of benzene rings is 2. The van der Waals surface area contributed by atoms with E-state index in [9.17, 15) is 9.59 Å². The van der Waals surface area contributed by atoms with Gasteiger partial charge in [0.05, 0.1) is 5.69 Å². The van der Waals surface area contributed by atoms with Crippen molar-refractivity contribution in [3.63, 3.8) is 0 Å². The first-order chi connectivity index (χ1) is 14.0. The maximum absolute atomic E-state index is 12.7. The molecule has 6 nitrogen and oxygen atoms in total. The number of nitrogens with zero attached hydrogens (tertiary/aromatic N) is 3. The van der Waals surface area contributed by atoms with Gasteiger partial charge in [0.1, 0.15) is 6.54 Å². The second kappa shape index (κ2) is 9.19. The summed E-state index contributed by atoms with van der Waals surface area (Å²) in [4.78, 5) is 31.1. The molecule has 1 N–H and O–H groups in total. The van der Waals surface area contributed by atoms with Crippen LogP contribution in [0.25, 0.3) is 16.9 Å². The summed E-state index contributed by atoms with van der Waals surface area (Å²) in [6.07, 6.45) is 2.26. The van der Waals surface area contributed by atoms with Crippen LogP contribution in [0, 0.1) is 0 Å². The zero-order valence-electron chi connectivity index (χ0n) is 17.0. The van der Waals surface area contributed by atoms with Gasteiger partial charge < -0.3 is 4.90 Å². The highest BCUT2D eigenvalue weighted by atomic mass is 16.2. The zero-order chi connectivity index (χ0) is 20.8. The maximum atomic E-state index is 12.7. The van der Waals surface area contributed by atoms with Crippen molar-refractivity contribution in [2.45, 2.75) is 33.2 Å². The van der Waals surface area contributed by atoms with E-state index in [1.54, 1.807) is 11.8 Å². The van der Waals surface area contributed by atoms with Crippen LogP contribution in [0.3, 0.4) is 0 Å². The van der Waals surface area contributed by atoms with E-state index >= 15 is 0 Å². The topological polar surface area (TPSA) is 67.2 Å². The minimum atomic E-state index is -0.275. The molecule has 0 spiro atoms. The molecule has 0 unspecified atom stereocenters. The van der Waals surface area contributed by atoms with Crippen LogP contribution in [-0.4, -0.2) is 38.9 Å². The maximum Gasteiger partial charge on any atom is 0.246 e. The molecule has 0 atom stereocenters. The number of hydrogen-bond donors (Lipinski definition) is 1. The number of carbonyl (C=O) groups is 2. The van der Waals surface area contributed by atoms with Gasteiger partial charge in [-0.15, -0.1) is 0 Å². The van der Waals surface area contributed by atoms with Crippen molar-refractivity contribution in [1.29, 1.82) is 0 Å². The van der Waals surface area contributed by atoms with Gasteiger partial charge in [-0.05, 0) is 26.0 Å². The molecule has 29 heavy (non-hydrogen) atoms. The van der Waals surface area contributed by atoms with E-state index < -0.39 is 0 Å². The summed E-state index contributed by atoms with van der Waals surface area (Å²) in [5, 5.41) is 2.88. The summed E-state index contributed by atoms with van der Waals surface area (Å²) in [6.45, 7) is 5.59. The molecule has 0 aliphatic rings. The summed E-state index contributed by atoms with van der Waals surface area (Å²) >= 11 is 0. The molecule has 2 aromatic carbocycles. The number of hydrogen-bond acceptors (Lipinski definition) is 3. The van der Waals surface area contributed by atoms with Crippen molar-refractivity contribution >= 4 is 17.8 Å². The SMILES string of the molecule is CCC(=O)N(CC(=O)Nc1nc(-c2ccccc2)cn1-c1ccccc1)C(C)C. The van der Waals surface area contributed by atoms with Gasteiger partial charge in [0, 0.05) is 29.9 Å². The number of rotatable bonds is 7. The van der Waals surface area contributed by atoms with Crippen LogP contribution in [0.15, 0.2) is 66.9 Å². The Balaban J connectivity index is 1.90. The fraction of sp³-hybridized carbons (Fsp3) is 0.261. The minimum Gasteiger partial charge on any atom is -0.331 e. The van der Waals surface area contributed by atoms with E-state index in [2.05, 4.69) is 10.3 Å². The summed E-state index contributed by atoms with van der Waals surface area (Å²) in [6, 6.07) is 19.5. The monoisotopic (exact) mass is 390 g/mol.